The Labute approximate surface area is 180 Å². The topological polar surface area (TPSA) is 84.1 Å². The van der Waals surface area contributed by atoms with Crippen molar-refractivity contribution in [2.45, 2.75) is 33.9 Å². The Hall–Kier alpha value is -3.58. The van der Waals surface area contributed by atoms with Crippen LogP contribution in [0.15, 0.2) is 42.5 Å². The largest absolute Gasteiger partial charge is 0.390 e. The number of anilines is 1. The third-order valence-electron chi connectivity index (χ3n) is 5.89. The summed E-state index contributed by atoms with van der Waals surface area (Å²) in [6.07, 6.45) is 0. The Bertz CT molecular complexity index is 1340. The van der Waals surface area contributed by atoms with Crippen molar-refractivity contribution < 1.29 is 9.90 Å². The molecule has 1 aliphatic rings. The Kier molecular flexibility index (Phi) is 4.55. The minimum absolute atomic E-state index is 0.0860. The summed E-state index contributed by atoms with van der Waals surface area (Å²) in [7, 11) is 0. The zero-order chi connectivity index (χ0) is 21.7. The lowest BCUT2D eigenvalue weighted by Gasteiger charge is -2.29. The molecule has 0 saturated carbocycles. The highest BCUT2D eigenvalue weighted by Crippen LogP contribution is 2.30. The molecule has 0 bridgehead atoms. The predicted molar refractivity (Wildman–Crippen MR) is 119 cm³/mol. The van der Waals surface area contributed by atoms with Crippen LogP contribution >= 0.6 is 0 Å². The van der Waals surface area contributed by atoms with Gasteiger partial charge in [0.05, 0.1) is 35.6 Å². The van der Waals surface area contributed by atoms with Gasteiger partial charge < -0.3 is 10.0 Å². The lowest BCUT2D eigenvalue weighted by Crippen LogP contribution is -2.41. The van der Waals surface area contributed by atoms with E-state index in [1.165, 1.54) is 0 Å². The van der Waals surface area contributed by atoms with Gasteiger partial charge in [-0.1, -0.05) is 6.07 Å². The van der Waals surface area contributed by atoms with Crippen molar-refractivity contribution in [3.63, 3.8) is 0 Å². The van der Waals surface area contributed by atoms with Gasteiger partial charge in [-0.05, 0) is 62.7 Å². The van der Waals surface area contributed by atoms with Gasteiger partial charge >= 0.3 is 0 Å². The van der Waals surface area contributed by atoms with E-state index in [0.717, 1.165) is 44.8 Å². The summed E-state index contributed by atoms with van der Waals surface area (Å²) in [6, 6.07) is 14.0. The first-order chi connectivity index (χ1) is 15.0. The second-order valence-corrected chi connectivity index (χ2v) is 7.95. The molecular weight excluding hydrogens is 390 g/mol. The lowest BCUT2D eigenvalue weighted by atomic mass is 10.0. The van der Waals surface area contributed by atoms with Gasteiger partial charge in [0.1, 0.15) is 5.69 Å². The second-order valence-electron chi connectivity index (χ2n) is 7.95. The van der Waals surface area contributed by atoms with E-state index < -0.39 is 0 Å². The number of carbonyl (C=O) groups is 1. The zero-order valence-electron chi connectivity index (χ0n) is 17.8. The number of amides is 1. The molecule has 1 aliphatic heterocycles. The molecule has 31 heavy (non-hydrogen) atoms. The minimum atomic E-state index is -0.166. The van der Waals surface area contributed by atoms with Crippen molar-refractivity contribution >= 4 is 22.6 Å². The molecule has 1 N–H and O–H groups in total. The SMILES string of the molecule is Cc1ccc2nc(-c3ccc(N4CCn5nc(CO)c(C)c5C4=O)c(C)c3)ccc2n1. The van der Waals surface area contributed by atoms with Gasteiger partial charge in [-0.25, -0.2) is 4.98 Å². The molecule has 0 fully saturated rings. The number of pyridine rings is 2. The summed E-state index contributed by atoms with van der Waals surface area (Å²) in [5.74, 6) is -0.0860. The molecule has 1 amide bonds. The fourth-order valence-electron chi connectivity index (χ4n) is 4.23. The van der Waals surface area contributed by atoms with Gasteiger partial charge in [0, 0.05) is 29.1 Å². The van der Waals surface area contributed by atoms with Crippen molar-refractivity contribution in [2.75, 3.05) is 11.4 Å². The van der Waals surface area contributed by atoms with Gasteiger partial charge in [0.25, 0.3) is 5.91 Å². The van der Waals surface area contributed by atoms with Crippen LogP contribution in [-0.4, -0.2) is 37.3 Å². The third kappa shape index (κ3) is 3.18. The van der Waals surface area contributed by atoms with E-state index in [4.69, 9.17) is 4.98 Å². The fraction of sp³-hybridized carbons (Fsp3) is 0.250. The van der Waals surface area contributed by atoms with Crippen molar-refractivity contribution in [2.24, 2.45) is 0 Å². The lowest BCUT2D eigenvalue weighted by molar-refractivity contribution is 0.0961. The third-order valence-corrected chi connectivity index (χ3v) is 5.89. The number of fused-ring (bicyclic) bond motifs is 2. The summed E-state index contributed by atoms with van der Waals surface area (Å²) in [5.41, 5.74) is 8.32. The van der Waals surface area contributed by atoms with Crippen LogP contribution in [0.5, 0.6) is 0 Å². The first-order valence-corrected chi connectivity index (χ1v) is 10.3. The highest BCUT2D eigenvalue weighted by atomic mass is 16.3. The van der Waals surface area contributed by atoms with Gasteiger partial charge in [0.15, 0.2) is 0 Å². The predicted octanol–water partition coefficient (Wildman–Crippen LogP) is 3.57. The normalized spacial score (nSPS) is 13.7. The van der Waals surface area contributed by atoms with E-state index in [1.54, 1.807) is 9.58 Å². The molecule has 1 aromatic carbocycles. The second kappa shape index (κ2) is 7.28. The number of carbonyl (C=O) groups excluding carboxylic acids is 1. The van der Waals surface area contributed by atoms with E-state index in [1.807, 2.05) is 57.2 Å². The summed E-state index contributed by atoms with van der Waals surface area (Å²) in [5, 5.41) is 13.8. The maximum atomic E-state index is 13.2. The van der Waals surface area contributed by atoms with E-state index >= 15 is 0 Å². The monoisotopic (exact) mass is 413 g/mol. The zero-order valence-corrected chi connectivity index (χ0v) is 17.8. The maximum Gasteiger partial charge on any atom is 0.276 e. The summed E-state index contributed by atoms with van der Waals surface area (Å²) in [4.78, 5) is 24.3. The molecule has 0 unspecified atom stereocenters. The van der Waals surface area contributed by atoms with Gasteiger partial charge in [0.2, 0.25) is 0 Å². The summed E-state index contributed by atoms with van der Waals surface area (Å²) < 4.78 is 1.71. The quantitative estimate of drug-likeness (QED) is 0.555. The number of nitrogens with zero attached hydrogens (tertiary/aromatic N) is 5. The highest BCUT2D eigenvalue weighted by molar-refractivity contribution is 6.07. The summed E-state index contributed by atoms with van der Waals surface area (Å²) >= 11 is 0. The van der Waals surface area contributed by atoms with Crippen LogP contribution in [0.1, 0.15) is 33.0 Å². The van der Waals surface area contributed by atoms with Crippen molar-refractivity contribution in [1.29, 1.82) is 0 Å². The highest BCUT2D eigenvalue weighted by Gasteiger charge is 2.30. The number of aromatic nitrogens is 4. The van der Waals surface area contributed by atoms with Crippen LogP contribution in [0.25, 0.3) is 22.3 Å². The number of aliphatic hydroxyl groups is 1. The van der Waals surface area contributed by atoms with Crippen LogP contribution < -0.4 is 4.90 Å². The molecule has 0 spiro atoms. The van der Waals surface area contributed by atoms with Gasteiger partial charge in [-0.15, -0.1) is 0 Å². The molecule has 0 aliphatic carbocycles. The number of rotatable bonds is 3. The Morgan fingerprint density at radius 2 is 1.74 bits per heavy atom. The molecule has 7 heteroatoms. The molecule has 4 heterocycles. The first kappa shape index (κ1) is 19.4. The number of aliphatic hydroxyl groups excluding tert-OH is 1. The molecule has 0 atom stereocenters. The number of benzene rings is 1. The molecule has 3 aromatic heterocycles. The number of hydrogen-bond donors (Lipinski definition) is 1. The fourth-order valence-corrected chi connectivity index (χ4v) is 4.23. The minimum Gasteiger partial charge on any atom is -0.390 e. The van der Waals surface area contributed by atoms with Crippen molar-refractivity contribution in [3.05, 3.63) is 70.7 Å². The Balaban J connectivity index is 1.49. The molecule has 4 aromatic rings. The average molecular weight is 413 g/mol. The van der Waals surface area contributed by atoms with Crippen molar-refractivity contribution in [3.8, 4) is 11.3 Å². The average Bonchev–Trinajstić information content (AvgIpc) is 3.10. The van der Waals surface area contributed by atoms with E-state index in [2.05, 4.69) is 16.1 Å². The Morgan fingerprint density at radius 3 is 2.52 bits per heavy atom. The first-order valence-electron chi connectivity index (χ1n) is 10.3. The van der Waals surface area contributed by atoms with Gasteiger partial charge in [-0.3, -0.25) is 14.5 Å². The standard InChI is InChI=1S/C24H23N5O2/c1-14-12-17(18-7-8-19-20(26-18)6-4-15(2)25-19)5-9-22(14)28-10-11-29-23(24(28)31)16(3)21(13-30)27-29/h4-9,12,30H,10-11,13H2,1-3H3. The van der Waals surface area contributed by atoms with Crippen LogP contribution in [0.4, 0.5) is 5.69 Å². The number of aryl methyl sites for hydroxylation is 2. The smallest absolute Gasteiger partial charge is 0.276 e. The molecule has 0 radical (unpaired) electrons. The maximum absolute atomic E-state index is 13.2. The molecule has 5 rings (SSSR count). The van der Waals surface area contributed by atoms with E-state index in [-0.39, 0.29) is 12.5 Å². The van der Waals surface area contributed by atoms with Crippen LogP contribution in [0.3, 0.4) is 0 Å². The van der Waals surface area contributed by atoms with Gasteiger partial charge in [-0.2, -0.15) is 5.10 Å². The van der Waals surface area contributed by atoms with Crippen LogP contribution in [0, 0.1) is 20.8 Å². The van der Waals surface area contributed by atoms with Crippen molar-refractivity contribution in [1.82, 2.24) is 19.7 Å². The molecule has 0 saturated heterocycles. The van der Waals surface area contributed by atoms with E-state index in [9.17, 15) is 9.90 Å². The Morgan fingerprint density at radius 1 is 0.968 bits per heavy atom. The van der Waals surface area contributed by atoms with Crippen LogP contribution in [0.2, 0.25) is 0 Å². The number of hydrogen-bond acceptors (Lipinski definition) is 5. The molecular formula is C24H23N5O2. The molecule has 7 nitrogen and oxygen atoms in total. The summed E-state index contributed by atoms with van der Waals surface area (Å²) in [6.45, 7) is 6.79. The van der Waals surface area contributed by atoms with E-state index in [0.29, 0.717) is 24.5 Å². The van der Waals surface area contributed by atoms with Crippen LogP contribution in [-0.2, 0) is 13.2 Å². The molecule has 156 valence electrons.